The Bertz CT molecular complexity index is 560. The zero-order chi connectivity index (χ0) is 14.0. The normalized spacial score (nSPS) is 17.4. The lowest BCUT2D eigenvalue weighted by Crippen LogP contribution is -2.50. The van der Waals surface area contributed by atoms with E-state index in [2.05, 4.69) is 0 Å². The fourth-order valence-electron chi connectivity index (χ4n) is 1.98. The molecule has 19 heavy (non-hydrogen) atoms. The van der Waals surface area contributed by atoms with Gasteiger partial charge in [-0.05, 0) is 19.1 Å². The van der Waals surface area contributed by atoms with Crippen molar-refractivity contribution in [1.29, 1.82) is 0 Å². The minimum atomic E-state index is -3.51. The van der Waals surface area contributed by atoms with Crippen LogP contribution in [-0.4, -0.2) is 55.0 Å². The summed E-state index contributed by atoms with van der Waals surface area (Å²) in [6.07, 6.45) is -1.01. The number of carboxylic acid groups (broad SMARTS) is 1. The van der Waals surface area contributed by atoms with Crippen molar-refractivity contribution in [3.05, 3.63) is 29.8 Å². The molecule has 0 aliphatic carbocycles. The van der Waals surface area contributed by atoms with Crippen LogP contribution in [0.1, 0.15) is 5.56 Å². The van der Waals surface area contributed by atoms with Gasteiger partial charge in [-0.25, -0.2) is 13.2 Å². The summed E-state index contributed by atoms with van der Waals surface area (Å²) in [5.41, 5.74) is 0.995. The number of piperazine rings is 1. The Morgan fingerprint density at radius 1 is 1.11 bits per heavy atom. The molecule has 1 heterocycles. The van der Waals surface area contributed by atoms with Crippen molar-refractivity contribution in [2.75, 3.05) is 26.2 Å². The molecule has 1 aromatic rings. The third-order valence-electron chi connectivity index (χ3n) is 3.17. The van der Waals surface area contributed by atoms with Crippen LogP contribution in [-0.2, 0) is 10.0 Å². The topological polar surface area (TPSA) is 77.9 Å². The molecule has 7 heteroatoms. The van der Waals surface area contributed by atoms with Crippen LogP contribution >= 0.6 is 0 Å². The van der Waals surface area contributed by atoms with Crippen LogP contribution in [0.5, 0.6) is 0 Å². The number of amides is 1. The Kier molecular flexibility index (Phi) is 3.77. The molecular formula is C12H16N2O4S. The predicted octanol–water partition coefficient (Wildman–Crippen LogP) is 0.979. The van der Waals surface area contributed by atoms with Crippen LogP contribution in [0.15, 0.2) is 29.2 Å². The molecule has 1 saturated heterocycles. The quantitative estimate of drug-likeness (QED) is 0.878. The van der Waals surface area contributed by atoms with Crippen molar-refractivity contribution in [2.24, 2.45) is 0 Å². The highest BCUT2D eigenvalue weighted by molar-refractivity contribution is 7.89. The van der Waals surface area contributed by atoms with Gasteiger partial charge in [-0.2, -0.15) is 4.31 Å². The fourth-order valence-corrected chi connectivity index (χ4v) is 3.40. The molecule has 0 bridgehead atoms. The summed E-state index contributed by atoms with van der Waals surface area (Å²) in [6, 6.07) is 6.66. The maximum atomic E-state index is 12.3. The van der Waals surface area contributed by atoms with E-state index in [0.29, 0.717) is 0 Å². The molecule has 0 radical (unpaired) electrons. The summed E-state index contributed by atoms with van der Waals surface area (Å²) in [6.45, 7) is 2.70. The van der Waals surface area contributed by atoms with Gasteiger partial charge in [-0.1, -0.05) is 17.7 Å². The highest BCUT2D eigenvalue weighted by atomic mass is 32.2. The molecule has 0 spiro atoms. The average Bonchev–Trinajstić information content (AvgIpc) is 2.39. The summed E-state index contributed by atoms with van der Waals surface area (Å²) in [7, 11) is -3.51. The van der Waals surface area contributed by atoms with Gasteiger partial charge >= 0.3 is 6.09 Å². The van der Waals surface area contributed by atoms with E-state index in [1.807, 2.05) is 6.92 Å². The largest absolute Gasteiger partial charge is 0.465 e. The molecule has 1 aromatic carbocycles. The number of hydrogen-bond donors (Lipinski definition) is 1. The van der Waals surface area contributed by atoms with Gasteiger partial charge < -0.3 is 10.0 Å². The smallest absolute Gasteiger partial charge is 0.407 e. The first-order chi connectivity index (χ1) is 8.91. The van der Waals surface area contributed by atoms with Gasteiger partial charge in [0.05, 0.1) is 4.90 Å². The molecule has 104 valence electrons. The van der Waals surface area contributed by atoms with Crippen molar-refractivity contribution in [1.82, 2.24) is 9.21 Å². The van der Waals surface area contributed by atoms with Gasteiger partial charge in [0, 0.05) is 26.2 Å². The standard InChI is InChI=1S/C12H16N2O4S/c1-10-2-4-11(5-3-10)19(17,18)14-8-6-13(7-9-14)12(15)16/h2-5H,6-9H2,1H3,(H,15,16). The summed E-state index contributed by atoms with van der Waals surface area (Å²) in [5.74, 6) is 0. The maximum absolute atomic E-state index is 12.3. The lowest BCUT2D eigenvalue weighted by Gasteiger charge is -2.32. The second-order valence-corrected chi connectivity index (χ2v) is 6.42. The SMILES string of the molecule is Cc1ccc(S(=O)(=O)N2CCN(C(=O)O)CC2)cc1. The number of carbonyl (C=O) groups is 1. The summed E-state index contributed by atoms with van der Waals surface area (Å²) >= 11 is 0. The molecular weight excluding hydrogens is 268 g/mol. The van der Waals surface area contributed by atoms with Crippen LogP contribution < -0.4 is 0 Å². The van der Waals surface area contributed by atoms with Crippen molar-refractivity contribution in [3.63, 3.8) is 0 Å². The molecule has 0 saturated carbocycles. The van der Waals surface area contributed by atoms with E-state index in [0.717, 1.165) is 5.56 Å². The van der Waals surface area contributed by atoms with Crippen LogP contribution in [0.25, 0.3) is 0 Å². The molecule has 1 aliphatic rings. The zero-order valence-corrected chi connectivity index (χ0v) is 11.4. The average molecular weight is 284 g/mol. The van der Waals surface area contributed by atoms with E-state index >= 15 is 0 Å². The number of aryl methyl sites for hydroxylation is 1. The molecule has 1 fully saturated rings. The number of hydrogen-bond acceptors (Lipinski definition) is 3. The van der Waals surface area contributed by atoms with Crippen LogP contribution in [0, 0.1) is 6.92 Å². The van der Waals surface area contributed by atoms with Crippen LogP contribution in [0.4, 0.5) is 4.79 Å². The van der Waals surface area contributed by atoms with E-state index < -0.39 is 16.1 Å². The highest BCUT2D eigenvalue weighted by Crippen LogP contribution is 2.18. The third kappa shape index (κ3) is 2.87. The van der Waals surface area contributed by atoms with Crippen LogP contribution in [0.3, 0.4) is 0 Å². The molecule has 1 amide bonds. The van der Waals surface area contributed by atoms with E-state index in [4.69, 9.17) is 5.11 Å². The Hall–Kier alpha value is -1.60. The van der Waals surface area contributed by atoms with Crippen LogP contribution in [0.2, 0.25) is 0 Å². The summed E-state index contributed by atoms with van der Waals surface area (Å²) < 4.78 is 26.0. The molecule has 1 N–H and O–H groups in total. The first-order valence-electron chi connectivity index (χ1n) is 5.96. The van der Waals surface area contributed by atoms with Crippen molar-refractivity contribution in [3.8, 4) is 0 Å². The van der Waals surface area contributed by atoms with E-state index in [-0.39, 0.29) is 31.1 Å². The van der Waals surface area contributed by atoms with Gasteiger partial charge in [0.25, 0.3) is 0 Å². The number of benzene rings is 1. The first-order valence-corrected chi connectivity index (χ1v) is 7.40. The van der Waals surface area contributed by atoms with Crippen molar-refractivity contribution >= 4 is 16.1 Å². The second kappa shape index (κ2) is 5.18. The Labute approximate surface area is 112 Å². The van der Waals surface area contributed by atoms with E-state index in [1.54, 1.807) is 24.3 Å². The van der Waals surface area contributed by atoms with Gasteiger partial charge in [0.2, 0.25) is 10.0 Å². The Morgan fingerprint density at radius 3 is 2.11 bits per heavy atom. The minimum absolute atomic E-state index is 0.197. The predicted molar refractivity (Wildman–Crippen MR) is 69.5 cm³/mol. The lowest BCUT2D eigenvalue weighted by molar-refractivity contribution is 0.126. The second-order valence-electron chi connectivity index (χ2n) is 4.49. The van der Waals surface area contributed by atoms with E-state index in [9.17, 15) is 13.2 Å². The zero-order valence-electron chi connectivity index (χ0n) is 10.6. The van der Waals surface area contributed by atoms with Crippen molar-refractivity contribution in [2.45, 2.75) is 11.8 Å². The van der Waals surface area contributed by atoms with Crippen molar-refractivity contribution < 1.29 is 18.3 Å². The van der Waals surface area contributed by atoms with Gasteiger partial charge in [-0.3, -0.25) is 0 Å². The van der Waals surface area contributed by atoms with E-state index in [1.165, 1.54) is 9.21 Å². The summed E-state index contributed by atoms with van der Waals surface area (Å²) in [4.78, 5) is 12.3. The Morgan fingerprint density at radius 2 is 1.63 bits per heavy atom. The first kappa shape index (κ1) is 13.8. The fraction of sp³-hybridized carbons (Fsp3) is 0.417. The molecule has 2 rings (SSSR count). The van der Waals surface area contributed by atoms with Gasteiger partial charge in [-0.15, -0.1) is 0 Å². The molecule has 0 aromatic heterocycles. The molecule has 0 unspecified atom stereocenters. The monoisotopic (exact) mass is 284 g/mol. The maximum Gasteiger partial charge on any atom is 0.407 e. The Balaban J connectivity index is 2.14. The highest BCUT2D eigenvalue weighted by Gasteiger charge is 2.29. The molecule has 1 aliphatic heterocycles. The number of sulfonamides is 1. The minimum Gasteiger partial charge on any atom is -0.465 e. The van der Waals surface area contributed by atoms with Gasteiger partial charge in [0.15, 0.2) is 0 Å². The molecule has 6 nitrogen and oxygen atoms in total. The summed E-state index contributed by atoms with van der Waals surface area (Å²) in [5, 5.41) is 8.83. The number of rotatable bonds is 2. The lowest BCUT2D eigenvalue weighted by atomic mass is 10.2. The third-order valence-corrected chi connectivity index (χ3v) is 5.08. The molecule has 0 atom stereocenters. The number of nitrogens with zero attached hydrogens (tertiary/aromatic N) is 2. The van der Waals surface area contributed by atoms with Gasteiger partial charge in [0.1, 0.15) is 0 Å².